The van der Waals surface area contributed by atoms with Crippen LogP contribution in [0.3, 0.4) is 0 Å². The van der Waals surface area contributed by atoms with E-state index in [0.717, 1.165) is 11.3 Å². The highest BCUT2D eigenvalue weighted by atomic mass is 32.2. The standard InChI is InChI=1S/C18H20O2S/c1-14-7-5-6-8-15(14)13-16(18(19)20)11-12-21-17-9-3-2-4-10-17/h2-10,16H,11-13H2,1H3,(H,19,20). The van der Waals surface area contributed by atoms with Crippen LogP contribution in [-0.4, -0.2) is 16.8 Å². The van der Waals surface area contributed by atoms with Crippen molar-refractivity contribution in [3.05, 3.63) is 65.7 Å². The Hall–Kier alpha value is -1.74. The summed E-state index contributed by atoms with van der Waals surface area (Å²) in [4.78, 5) is 12.6. The Balaban J connectivity index is 1.91. The van der Waals surface area contributed by atoms with Gasteiger partial charge in [-0.3, -0.25) is 4.79 Å². The highest BCUT2D eigenvalue weighted by Crippen LogP contribution is 2.22. The number of rotatable bonds is 7. The summed E-state index contributed by atoms with van der Waals surface area (Å²) in [6.45, 7) is 2.03. The van der Waals surface area contributed by atoms with Gasteiger partial charge >= 0.3 is 5.97 Å². The molecule has 110 valence electrons. The number of hydrogen-bond donors (Lipinski definition) is 1. The predicted octanol–water partition coefficient (Wildman–Crippen LogP) is 4.42. The Bertz CT molecular complexity index is 581. The van der Waals surface area contributed by atoms with E-state index in [4.69, 9.17) is 0 Å². The van der Waals surface area contributed by atoms with Gasteiger partial charge in [-0.15, -0.1) is 11.8 Å². The molecule has 0 saturated carbocycles. The van der Waals surface area contributed by atoms with Crippen molar-refractivity contribution in [1.82, 2.24) is 0 Å². The minimum Gasteiger partial charge on any atom is -0.481 e. The molecule has 0 aliphatic rings. The summed E-state index contributed by atoms with van der Waals surface area (Å²) in [5.74, 6) is -0.193. The Morgan fingerprint density at radius 2 is 1.76 bits per heavy atom. The molecule has 21 heavy (non-hydrogen) atoms. The summed E-state index contributed by atoms with van der Waals surface area (Å²) in [6.07, 6.45) is 1.29. The first-order chi connectivity index (χ1) is 10.2. The first kappa shape index (κ1) is 15.6. The molecule has 1 atom stereocenters. The summed E-state index contributed by atoms with van der Waals surface area (Å²) in [7, 11) is 0. The van der Waals surface area contributed by atoms with Crippen LogP contribution in [0.5, 0.6) is 0 Å². The van der Waals surface area contributed by atoms with Crippen molar-refractivity contribution >= 4 is 17.7 Å². The average Bonchev–Trinajstić information content (AvgIpc) is 2.49. The predicted molar refractivity (Wildman–Crippen MR) is 87.8 cm³/mol. The molecule has 1 unspecified atom stereocenters. The number of hydrogen-bond acceptors (Lipinski definition) is 2. The van der Waals surface area contributed by atoms with Crippen LogP contribution in [0, 0.1) is 12.8 Å². The van der Waals surface area contributed by atoms with E-state index in [1.807, 2.05) is 49.4 Å². The van der Waals surface area contributed by atoms with Gasteiger partial charge in [0.15, 0.2) is 0 Å². The maximum Gasteiger partial charge on any atom is 0.306 e. The second-order valence-electron chi connectivity index (χ2n) is 5.12. The Kier molecular flexibility index (Phi) is 5.88. The third-order valence-electron chi connectivity index (χ3n) is 3.56. The molecule has 0 aromatic heterocycles. The number of carboxylic acid groups (broad SMARTS) is 1. The van der Waals surface area contributed by atoms with Crippen molar-refractivity contribution in [2.75, 3.05) is 5.75 Å². The molecule has 0 bridgehead atoms. The summed E-state index contributed by atoms with van der Waals surface area (Å²) in [6, 6.07) is 18.1. The first-order valence-electron chi connectivity index (χ1n) is 7.12. The minimum absolute atomic E-state index is 0.317. The Labute approximate surface area is 130 Å². The quantitative estimate of drug-likeness (QED) is 0.769. The van der Waals surface area contributed by atoms with E-state index in [-0.39, 0.29) is 5.92 Å². The lowest BCUT2D eigenvalue weighted by atomic mass is 9.94. The van der Waals surface area contributed by atoms with Gasteiger partial charge in [-0.05, 0) is 48.8 Å². The maximum absolute atomic E-state index is 11.4. The van der Waals surface area contributed by atoms with Crippen LogP contribution in [0.1, 0.15) is 17.5 Å². The van der Waals surface area contributed by atoms with Gasteiger partial charge in [0.2, 0.25) is 0 Å². The zero-order valence-corrected chi connectivity index (χ0v) is 13.0. The smallest absolute Gasteiger partial charge is 0.306 e. The van der Waals surface area contributed by atoms with Crippen molar-refractivity contribution in [2.24, 2.45) is 5.92 Å². The SMILES string of the molecule is Cc1ccccc1CC(CCSc1ccccc1)C(=O)O. The molecule has 0 amide bonds. The lowest BCUT2D eigenvalue weighted by molar-refractivity contribution is -0.141. The third-order valence-corrected chi connectivity index (χ3v) is 4.60. The van der Waals surface area contributed by atoms with Gasteiger partial charge in [0.1, 0.15) is 0 Å². The van der Waals surface area contributed by atoms with E-state index in [0.29, 0.717) is 12.8 Å². The first-order valence-corrected chi connectivity index (χ1v) is 8.10. The number of benzene rings is 2. The summed E-state index contributed by atoms with van der Waals surface area (Å²) < 4.78 is 0. The zero-order valence-electron chi connectivity index (χ0n) is 12.2. The Morgan fingerprint density at radius 1 is 1.10 bits per heavy atom. The van der Waals surface area contributed by atoms with Crippen molar-refractivity contribution in [3.63, 3.8) is 0 Å². The molecule has 2 nitrogen and oxygen atoms in total. The van der Waals surface area contributed by atoms with Crippen LogP contribution in [0.25, 0.3) is 0 Å². The number of aryl methyl sites for hydroxylation is 1. The highest BCUT2D eigenvalue weighted by Gasteiger charge is 2.18. The van der Waals surface area contributed by atoms with Gasteiger partial charge in [0.25, 0.3) is 0 Å². The van der Waals surface area contributed by atoms with E-state index in [1.165, 1.54) is 10.5 Å². The fourth-order valence-corrected chi connectivity index (χ4v) is 3.24. The largest absolute Gasteiger partial charge is 0.481 e. The lowest BCUT2D eigenvalue weighted by Crippen LogP contribution is -2.17. The van der Waals surface area contributed by atoms with Crippen molar-refractivity contribution in [1.29, 1.82) is 0 Å². The topological polar surface area (TPSA) is 37.3 Å². The number of aliphatic carboxylic acids is 1. The second kappa shape index (κ2) is 7.89. The maximum atomic E-state index is 11.4. The molecule has 0 spiro atoms. The molecule has 0 heterocycles. The van der Waals surface area contributed by atoms with Crippen molar-refractivity contribution in [3.8, 4) is 0 Å². The average molecular weight is 300 g/mol. The molecule has 0 aliphatic carbocycles. The molecule has 0 aliphatic heterocycles. The van der Waals surface area contributed by atoms with Gasteiger partial charge in [-0.1, -0.05) is 42.5 Å². The highest BCUT2D eigenvalue weighted by molar-refractivity contribution is 7.99. The molecule has 2 rings (SSSR count). The van der Waals surface area contributed by atoms with Gasteiger partial charge < -0.3 is 5.11 Å². The summed E-state index contributed by atoms with van der Waals surface area (Å²) in [5, 5.41) is 9.41. The van der Waals surface area contributed by atoms with E-state index < -0.39 is 5.97 Å². The van der Waals surface area contributed by atoms with E-state index in [2.05, 4.69) is 12.1 Å². The molecule has 0 fully saturated rings. The van der Waals surface area contributed by atoms with Gasteiger partial charge in [-0.2, -0.15) is 0 Å². The molecule has 0 saturated heterocycles. The monoisotopic (exact) mass is 300 g/mol. The number of thioether (sulfide) groups is 1. The third kappa shape index (κ3) is 4.94. The molecule has 3 heteroatoms. The fourth-order valence-electron chi connectivity index (χ4n) is 2.25. The molecule has 2 aromatic carbocycles. The van der Waals surface area contributed by atoms with Crippen LogP contribution in [0.2, 0.25) is 0 Å². The minimum atomic E-state index is -0.702. The van der Waals surface area contributed by atoms with Gasteiger partial charge in [-0.25, -0.2) is 0 Å². The van der Waals surface area contributed by atoms with Crippen LogP contribution in [-0.2, 0) is 11.2 Å². The fraction of sp³-hybridized carbons (Fsp3) is 0.278. The molecule has 1 N–H and O–H groups in total. The van der Waals surface area contributed by atoms with Crippen LogP contribution < -0.4 is 0 Å². The molecule has 2 aromatic rings. The number of carbonyl (C=O) groups is 1. The van der Waals surface area contributed by atoms with Crippen molar-refractivity contribution in [2.45, 2.75) is 24.7 Å². The Morgan fingerprint density at radius 3 is 2.43 bits per heavy atom. The van der Waals surface area contributed by atoms with Crippen LogP contribution in [0.15, 0.2) is 59.5 Å². The number of carboxylic acids is 1. The molecule has 0 radical (unpaired) electrons. The lowest BCUT2D eigenvalue weighted by Gasteiger charge is -2.13. The summed E-state index contributed by atoms with van der Waals surface area (Å²) in [5.41, 5.74) is 2.30. The van der Waals surface area contributed by atoms with E-state index >= 15 is 0 Å². The van der Waals surface area contributed by atoms with E-state index in [9.17, 15) is 9.90 Å². The van der Waals surface area contributed by atoms with E-state index in [1.54, 1.807) is 11.8 Å². The second-order valence-corrected chi connectivity index (χ2v) is 6.28. The van der Waals surface area contributed by atoms with Gasteiger partial charge in [0.05, 0.1) is 5.92 Å². The zero-order chi connectivity index (χ0) is 15.1. The van der Waals surface area contributed by atoms with Crippen LogP contribution >= 0.6 is 11.8 Å². The van der Waals surface area contributed by atoms with Crippen molar-refractivity contribution < 1.29 is 9.90 Å². The van der Waals surface area contributed by atoms with Crippen LogP contribution in [0.4, 0.5) is 0 Å². The van der Waals surface area contributed by atoms with Gasteiger partial charge in [0, 0.05) is 4.90 Å². The summed E-state index contributed by atoms with van der Waals surface area (Å²) >= 11 is 1.72. The molecular formula is C18H20O2S. The molecular weight excluding hydrogens is 280 g/mol. The normalized spacial score (nSPS) is 12.0.